The molecule has 0 saturated carbocycles. The van der Waals surface area contributed by atoms with Crippen molar-refractivity contribution in [1.82, 2.24) is 4.98 Å². The summed E-state index contributed by atoms with van der Waals surface area (Å²) in [5, 5.41) is 5.22. The van der Waals surface area contributed by atoms with Crippen LogP contribution in [0, 0.1) is 5.82 Å². The van der Waals surface area contributed by atoms with E-state index in [1.807, 2.05) is 0 Å². The highest BCUT2D eigenvalue weighted by Crippen LogP contribution is 2.33. The van der Waals surface area contributed by atoms with Gasteiger partial charge in [0.05, 0.1) is 35.1 Å². The van der Waals surface area contributed by atoms with Crippen LogP contribution >= 0.6 is 0 Å². The minimum atomic E-state index is -4.66. The molecule has 2 amide bonds. The average Bonchev–Trinajstić information content (AvgIpc) is 3.20. The molecule has 4 rings (SSSR count). The van der Waals surface area contributed by atoms with Gasteiger partial charge in [-0.15, -0.1) is 0 Å². The second kappa shape index (κ2) is 7.63. The Morgan fingerprint density at radius 2 is 1.77 bits per heavy atom. The molecule has 0 atom stereocenters. The van der Waals surface area contributed by atoms with Gasteiger partial charge in [0.1, 0.15) is 5.82 Å². The summed E-state index contributed by atoms with van der Waals surface area (Å²) in [6.07, 6.45) is -1.61. The zero-order chi connectivity index (χ0) is 22.2. The molecule has 0 unspecified atom stereocenters. The van der Waals surface area contributed by atoms with Gasteiger partial charge in [-0.05, 0) is 36.4 Å². The van der Waals surface area contributed by atoms with Gasteiger partial charge in [-0.2, -0.15) is 13.2 Å². The third kappa shape index (κ3) is 4.13. The molecule has 0 aliphatic carbocycles. The SMILES string of the molecule is Nc1c(-c2ccc(NC(=O)Nc3cc(C(F)(F)F)ccc3F)cc2)ncc2occc12. The third-order valence-corrected chi connectivity index (χ3v) is 4.51. The number of furan rings is 1. The maximum atomic E-state index is 13.8. The Kier molecular flexibility index (Phi) is 4.97. The highest BCUT2D eigenvalue weighted by Gasteiger charge is 2.31. The number of nitrogen functional groups attached to an aromatic ring is 1. The van der Waals surface area contributed by atoms with E-state index >= 15 is 0 Å². The number of urea groups is 1. The van der Waals surface area contributed by atoms with E-state index in [4.69, 9.17) is 10.2 Å². The minimum Gasteiger partial charge on any atom is -0.463 e. The van der Waals surface area contributed by atoms with Gasteiger partial charge >= 0.3 is 12.2 Å². The van der Waals surface area contributed by atoms with Gasteiger partial charge in [0.2, 0.25) is 0 Å². The molecule has 158 valence electrons. The number of nitrogens with two attached hydrogens (primary N) is 1. The maximum absolute atomic E-state index is 13.8. The van der Waals surface area contributed by atoms with Crippen LogP contribution in [-0.2, 0) is 6.18 Å². The number of carbonyl (C=O) groups excluding carboxylic acids is 1. The normalized spacial score (nSPS) is 11.5. The molecule has 0 aliphatic rings. The van der Waals surface area contributed by atoms with Crippen molar-refractivity contribution < 1.29 is 26.8 Å². The number of amides is 2. The van der Waals surface area contributed by atoms with Crippen LogP contribution < -0.4 is 16.4 Å². The van der Waals surface area contributed by atoms with Gasteiger partial charge in [-0.25, -0.2) is 9.18 Å². The van der Waals surface area contributed by atoms with Gasteiger partial charge in [-0.1, -0.05) is 12.1 Å². The highest BCUT2D eigenvalue weighted by molar-refractivity contribution is 6.00. The van der Waals surface area contributed by atoms with Crippen molar-refractivity contribution in [3.05, 3.63) is 72.4 Å². The van der Waals surface area contributed by atoms with E-state index in [1.165, 1.54) is 6.26 Å². The summed E-state index contributed by atoms with van der Waals surface area (Å²) in [7, 11) is 0. The zero-order valence-corrected chi connectivity index (χ0v) is 15.6. The minimum absolute atomic E-state index is 0.330. The summed E-state index contributed by atoms with van der Waals surface area (Å²) in [4.78, 5) is 16.4. The monoisotopic (exact) mass is 430 g/mol. The Morgan fingerprint density at radius 1 is 1.03 bits per heavy atom. The fourth-order valence-corrected chi connectivity index (χ4v) is 2.99. The summed E-state index contributed by atoms with van der Waals surface area (Å²) in [5.74, 6) is -0.991. The molecule has 2 heterocycles. The molecule has 4 aromatic rings. The number of rotatable bonds is 3. The highest BCUT2D eigenvalue weighted by atomic mass is 19.4. The second-order valence-electron chi connectivity index (χ2n) is 6.57. The van der Waals surface area contributed by atoms with Gasteiger partial charge < -0.3 is 20.8 Å². The smallest absolute Gasteiger partial charge is 0.416 e. The predicted octanol–water partition coefficient (Wildman–Crippen LogP) is 5.88. The first-order valence-electron chi connectivity index (χ1n) is 8.89. The van der Waals surface area contributed by atoms with E-state index in [2.05, 4.69) is 15.6 Å². The summed E-state index contributed by atoms with van der Waals surface area (Å²) in [6.45, 7) is 0. The lowest BCUT2D eigenvalue weighted by Crippen LogP contribution is -2.20. The van der Waals surface area contributed by atoms with Crippen LogP contribution in [-0.4, -0.2) is 11.0 Å². The van der Waals surface area contributed by atoms with Gasteiger partial charge in [0.15, 0.2) is 5.58 Å². The van der Waals surface area contributed by atoms with E-state index < -0.39 is 29.3 Å². The van der Waals surface area contributed by atoms with Crippen LogP contribution in [0.3, 0.4) is 0 Å². The van der Waals surface area contributed by atoms with E-state index in [9.17, 15) is 22.4 Å². The topological polar surface area (TPSA) is 93.2 Å². The van der Waals surface area contributed by atoms with E-state index in [0.29, 0.717) is 46.4 Å². The molecule has 6 nitrogen and oxygen atoms in total. The Morgan fingerprint density at radius 3 is 2.48 bits per heavy atom. The summed E-state index contributed by atoms with van der Waals surface area (Å²) < 4.78 is 57.4. The largest absolute Gasteiger partial charge is 0.463 e. The lowest BCUT2D eigenvalue weighted by molar-refractivity contribution is -0.137. The molecule has 0 bridgehead atoms. The van der Waals surface area contributed by atoms with Gasteiger partial charge in [0, 0.05) is 16.6 Å². The lowest BCUT2D eigenvalue weighted by Gasteiger charge is -2.12. The van der Waals surface area contributed by atoms with Crippen LogP contribution in [0.1, 0.15) is 5.56 Å². The number of hydrogen-bond donors (Lipinski definition) is 3. The van der Waals surface area contributed by atoms with Crippen LogP contribution in [0.25, 0.3) is 22.2 Å². The molecule has 2 aromatic carbocycles. The standard InChI is InChI=1S/C21H14F4N4O2/c22-15-6-3-12(21(23,24)25)9-16(15)29-20(30)28-13-4-1-11(2-5-13)19-18(26)14-7-8-31-17(14)10-27-19/h1-10H,26H2,(H2,28,29,30). The van der Waals surface area contributed by atoms with E-state index in [0.717, 1.165) is 5.39 Å². The Hall–Kier alpha value is -4.08. The van der Waals surface area contributed by atoms with Crippen LogP contribution in [0.4, 0.5) is 39.4 Å². The van der Waals surface area contributed by atoms with Crippen molar-refractivity contribution in [2.45, 2.75) is 6.18 Å². The lowest BCUT2D eigenvalue weighted by atomic mass is 10.1. The second-order valence-corrected chi connectivity index (χ2v) is 6.57. The van der Waals surface area contributed by atoms with Crippen molar-refractivity contribution in [1.29, 1.82) is 0 Å². The van der Waals surface area contributed by atoms with Crippen molar-refractivity contribution in [2.24, 2.45) is 0 Å². The third-order valence-electron chi connectivity index (χ3n) is 4.51. The summed E-state index contributed by atoms with van der Waals surface area (Å²) in [5.41, 5.74) is 6.99. The quantitative estimate of drug-likeness (QED) is 0.354. The predicted molar refractivity (Wildman–Crippen MR) is 108 cm³/mol. The number of carbonyl (C=O) groups is 1. The Balaban J connectivity index is 1.49. The molecule has 0 saturated heterocycles. The molecule has 0 radical (unpaired) electrons. The average molecular weight is 430 g/mol. The van der Waals surface area contributed by atoms with Crippen molar-refractivity contribution in [3.63, 3.8) is 0 Å². The summed E-state index contributed by atoms with van der Waals surface area (Å²) >= 11 is 0. The Bertz CT molecular complexity index is 1270. The molecule has 0 spiro atoms. The molecule has 0 aliphatic heterocycles. The first kappa shape index (κ1) is 20.2. The molecule has 31 heavy (non-hydrogen) atoms. The number of halogens is 4. The fraction of sp³-hybridized carbons (Fsp3) is 0.0476. The number of nitrogens with zero attached hydrogens (tertiary/aromatic N) is 1. The molecule has 0 fully saturated rings. The van der Waals surface area contributed by atoms with Crippen LogP contribution in [0.15, 0.2) is 65.4 Å². The molecule has 4 N–H and O–H groups in total. The molecular weight excluding hydrogens is 416 g/mol. The maximum Gasteiger partial charge on any atom is 0.416 e. The van der Waals surface area contributed by atoms with E-state index in [1.54, 1.807) is 36.5 Å². The van der Waals surface area contributed by atoms with Crippen molar-refractivity contribution in [2.75, 3.05) is 16.4 Å². The Labute approximate surface area is 172 Å². The number of hydrogen-bond acceptors (Lipinski definition) is 4. The number of benzene rings is 2. The van der Waals surface area contributed by atoms with Crippen molar-refractivity contribution in [3.8, 4) is 11.3 Å². The molecular formula is C21H14F4N4O2. The first-order valence-corrected chi connectivity index (χ1v) is 8.89. The van der Waals surface area contributed by atoms with Gasteiger partial charge in [-0.3, -0.25) is 4.98 Å². The van der Waals surface area contributed by atoms with Gasteiger partial charge in [0.25, 0.3) is 0 Å². The van der Waals surface area contributed by atoms with Crippen LogP contribution in [0.5, 0.6) is 0 Å². The number of pyridine rings is 1. The number of alkyl halides is 3. The number of nitrogens with one attached hydrogen (secondary N) is 2. The molecule has 10 heteroatoms. The number of fused-ring (bicyclic) bond motifs is 1. The van der Waals surface area contributed by atoms with Crippen LogP contribution in [0.2, 0.25) is 0 Å². The zero-order valence-electron chi connectivity index (χ0n) is 15.6. The summed E-state index contributed by atoms with van der Waals surface area (Å²) in [6, 6.07) is 9.01. The number of aromatic nitrogens is 1. The fourth-order valence-electron chi connectivity index (χ4n) is 2.99. The molecule has 2 aromatic heterocycles. The first-order chi connectivity index (χ1) is 14.7. The van der Waals surface area contributed by atoms with Crippen molar-refractivity contribution >= 4 is 34.1 Å². The number of anilines is 3. The van der Waals surface area contributed by atoms with E-state index in [-0.39, 0.29) is 0 Å².